The number of hydrogen-bond donors (Lipinski definition) is 2. The number of carbonyl (C=O) groups excluding carboxylic acids is 1. The van der Waals surface area contributed by atoms with Crippen molar-refractivity contribution in [3.05, 3.63) is 65.7 Å². The number of nitrogens with one attached hydrogen (secondary N) is 1. The van der Waals surface area contributed by atoms with Crippen molar-refractivity contribution >= 4 is 17.7 Å². The third-order valence-corrected chi connectivity index (χ3v) is 5.24. The maximum atomic E-state index is 12.3. The lowest BCUT2D eigenvalue weighted by Gasteiger charge is -2.11. The lowest BCUT2D eigenvalue weighted by atomic mass is 10.1. The first-order valence-electron chi connectivity index (χ1n) is 8.80. The predicted octanol–water partition coefficient (Wildman–Crippen LogP) is 2.81. The molecule has 0 radical (unpaired) electrons. The third kappa shape index (κ3) is 4.89. The van der Waals surface area contributed by atoms with Gasteiger partial charge in [-0.15, -0.1) is 10.2 Å². The largest absolute Gasteiger partial charge is 0.355 e. The van der Waals surface area contributed by atoms with Crippen molar-refractivity contribution in [2.75, 3.05) is 12.4 Å². The average molecular weight is 382 g/mol. The van der Waals surface area contributed by atoms with Gasteiger partial charge in [-0.3, -0.25) is 4.79 Å². The van der Waals surface area contributed by atoms with Crippen LogP contribution in [0.1, 0.15) is 18.1 Å². The van der Waals surface area contributed by atoms with E-state index in [0.29, 0.717) is 17.5 Å². The van der Waals surface area contributed by atoms with Crippen LogP contribution in [0.4, 0.5) is 0 Å². The highest BCUT2D eigenvalue weighted by Crippen LogP contribution is 2.24. The molecule has 7 heteroatoms. The van der Waals surface area contributed by atoms with Gasteiger partial charge in [0.05, 0.1) is 5.25 Å². The first-order valence-corrected chi connectivity index (χ1v) is 9.68. The van der Waals surface area contributed by atoms with Gasteiger partial charge in [0, 0.05) is 12.1 Å². The van der Waals surface area contributed by atoms with Gasteiger partial charge in [0.2, 0.25) is 11.1 Å². The molecule has 1 heterocycles. The second kappa shape index (κ2) is 8.73. The van der Waals surface area contributed by atoms with E-state index in [2.05, 4.69) is 15.5 Å². The highest BCUT2D eigenvalue weighted by Gasteiger charge is 2.19. The van der Waals surface area contributed by atoms with Crippen LogP contribution in [0.25, 0.3) is 11.4 Å². The molecule has 0 aliphatic rings. The maximum Gasteiger partial charge on any atom is 0.233 e. The summed E-state index contributed by atoms with van der Waals surface area (Å²) in [7, 11) is 0. The van der Waals surface area contributed by atoms with Crippen LogP contribution in [0.3, 0.4) is 0 Å². The summed E-state index contributed by atoms with van der Waals surface area (Å²) in [5.74, 6) is 6.67. The maximum absolute atomic E-state index is 12.3. The molecule has 0 aliphatic heterocycles. The molecule has 1 atom stereocenters. The Morgan fingerprint density at radius 3 is 2.56 bits per heavy atom. The first kappa shape index (κ1) is 19.0. The molecule has 6 nitrogen and oxygen atoms in total. The average Bonchev–Trinajstić information content (AvgIpc) is 3.03. The summed E-state index contributed by atoms with van der Waals surface area (Å²) in [5.41, 5.74) is 3.25. The van der Waals surface area contributed by atoms with Crippen molar-refractivity contribution in [2.45, 2.75) is 30.7 Å². The quantitative estimate of drug-likeness (QED) is 0.485. The number of benzene rings is 2. The van der Waals surface area contributed by atoms with Gasteiger partial charge in [-0.2, -0.15) is 0 Å². The van der Waals surface area contributed by atoms with Crippen LogP contribution in [0.2, 0.25) is 0 Å². The Morgan fingerprint density at radius 2 is 1.85 bits per heavy atom. The number of rotatable bonds is 7. The topological polar surface area (TPSA) is 85.8 Å². The van der Waals surface area contributed by atoms with E-state index >= 15 is 0 Å². The van der Waals surface area contributed by atoms with Gasteiger partial charge in [0.15, 0.2) is 5.82 Å². The molecule has 0 spiro atoms. The summed E-state index contributed by atoms with van der Waals surface area (Å²) < 4.78 is 1.43. The van der Waals surface area contributed by atoms with Crippen LogP contribution >= 0.6 is 11.8 Å². The van der Waals surface area contributed by atoms with Gasteiger partial charge in [-0.1, -0.05) is 71.9 Å². The van der Waals surface area contributed by atoms with Gasteiger partial charge < -0.3 is 11.2 Å². The molecular weight excluding hydrogens is 358 g/mol. The van der Waals surface area contributed by atoms with E-state index < -0.39 is 0 Å². The molecule has 0 saturated carbocycles. The summed E-state index contributed by atoms with van der Waals surface area (Å²) in [6, 6.07) is 18.0. The summed E-state index contributed by atoms with van der Waals surface area (Å²) in [4.78, 5) is 12.3. The summed E-state index contributed by atoms with van der Waals surface area (Å²) in [5, 5.41) is 11.4. The number of nitrogens with zero attached hydrogens (tertiary/aromatic N) is 3. The standard InChI is InChI=1S/C20H23N5OS/c1-14-8-10-17(11-9-14)18-23-24-20(25(18)21)27-15(2)19(26)22-13-12-16-6-4-3-5-7-16/h3-11,15H,12-13,21H2,1-2H3,(H,22,26)/t15-/m0/s1. The number of aryl methyl sites for hydroxylation is 1. The molecule has 3 rings (SSSR count). The minimum absolute atomic E-state index is 0.0455. The van der Waals surface area contributed by atoms with Crippen LogP contribution in [-0.2, 0) is 11.2 Å². The van der Waals surface area contributed by atoms with E-state index in [0.717, 1.165) is 17.5 Å². The van der Waals surface area contributed by atoms with E-state index in [1.807, 2.05) is 68.4 Å². The van der Waals surface area contributed by atoms with E-state index in [4.69, 9.17) is 5.84 Å². The fourth-order valence-electron chi connectivity index (χ4n) is 2.59. The van der Waals surface area contributed by atoms with Crippen LogP contribution in [-0.4, -0.2) is 32.6 Å². The van der Waals surface area contributed by atoms with E-state index in [1.165, 1.54) is 22.0 Å². The Balaban J connectivity index is 1.56. The highest BCUT2D eigenvalue weighted by atomic mass is 32.2. The molecule has 27 heavy (non-hydrogen) atoms. The minimum atomic E-state index is -0.321. The van der Waals surface area contributed by atoms with Crippen LogP contribution in [0.5, 0.6) is 0 Å². The Labute approximate surface area is 163 Å². The smallest absolute Gasteiger partial charge is 0.233 e. The number of hydrogen-bond acceptors (Lipinski definition) is 5. The number of amides is 1. The third-order valence-electron chi connectivity index (χ3n) is 4.18. The Bertz CT molecular complexity index is 892. The monoisotopic (exact) mass is 381 g/mol. The lowest BCUT2D eigenvalue weighted by Crippen LogP contribution is -2.32. The SMILES string of the molecule is Cc1ccc(-c2nnc(S[C@@H](C)C(=O)NCCc3ccccc3)n2N)cc1. The van der Waals surface area contributed by atoms with Gasteiger partial charge in [0.25, 0.3) is 0 Å². The van der Waals surface area contributed by atoms with Gasteiger partial charge in [-0.25, -0.2) is 4.68 Å². The number of nitrogen functional groups attached to an aromatic ring is 1. The molecule has 0 bridgehead atoms. The van der Waals surface area contributed by atoms with E-state index in [-0.39, 0.29) is 11.2 Å². The van der Waals surface area contributed by atoms with Crippen molar-refractivity contribution < 1.29 is 4.79 Å². The normalized spacial score (nSPS) is 11.9. The molecule has 0 unspecified atom stereocenters. The zero-order chi connectivity index (χ0) is 19.2. The zero-order valence-corrected chi connectivity index (χ0v) is 16.2. The predicted molar refractivity (Wildman–Crippen MR) is 109 cm³/mol. The Kier molecular flexibility index (Phi) is 6.13. The molecule has 2 aromatic carbocycles. The lowest BCUT2D eigenvalue weighted by molar-refractivity contribution is -0.120. The van der Waals surface area contributed by atoms with Crippen LogP contribution < -0.4 is 11.2 Å². The van der Waals surface area contributed by atoms with Crippen molar-refractivity contribution in [3.8, 4) is 11.4 Å². The molecule has 1 aromatic heterocycles. The molecular formula is C20H23N5OS. The number of aromatic nitrogens is 3. The molecule has 0 saturated heterocycles. The minimum Gasteiger partial charge on any atom is -0.355 e. The molecule has 140 valence electrons. The van der Waals surface area contributed by atoms with Crippen LogP contribution in [0.15, 0.2) is 59.8 Å². The second-order valence-corrected chi connectivity index (χ2v) is 7.64. The molecule has 3 N–H and O–H groups in total. The Hall–Kier alpha value is -2.80. The second-order valence-electron chi connectivity index (χ2n) is 6.33. The van der Waals surface area contributed by atoms with E-state index in [9.17, 15) is 4.79 Å². The molecule has 0 fully saturated rings. The van der Waals surface area contributed by atoms with Crippen molar-refractivity contribution in [2.24, 2.45) is 0 Å². The van der Waals surface area contributed by atoms with Gasteiger partial charge in [0.1, 0.15) is 0 Å². The van der Waals surface area contributed by atoms with Crippen molar-refractivity contribution in [1.29, 1.82) is 0 Å². The molecule has 1 amide bonds. The number of nitrogens with two attached hydrogens (primary N) is 1. The van der Waals surface area contributed by atoms with Crippen LogP contribution in [0, 0.1) is 6.92 Å². The molecule has 0 aliphatic carbocycles. The number of thioether (sulfide) groups is 1. The Morgan fingerprint density at radius 1 is 1.15 bits per heavy atom. The van der Waals surface area contributed by atoms with Crippen molar-refractivity contribution in [3.63, 3.8) is 0 Å². The van der Waals surface area contributed by atoms with Crippen molar-refractivity contribution in [1.82, 2.24) is 20.2 Å². The summed E-state index contributed by atoms with van der Waals surface area (Å²) in [6.45, 7) is 4.46. The summed E-state index contributed by atoms with van der Waals surface area (Å²) >= 11 is 1.30. The highest BCUT2D eigenvalue weighted by molar-refractivity contribution is 8.00. The van der Waals surface area contributed by atoms with E-state index in [1.54, 1.807) is 0 Å². The number of carbonyl (C=O) groups is 1. The fraction of sp³-hybridized carbons (Fsp3) is 0.250. The molecule has 3 aromatic rings. The van der Waals surface area contributed by atoms with Gasteiger partial charge >= 0.3 is 0 Å². The fourth-order valence-corrected chi connectivity index (χ4v) is 3.38. The zero-order valence-electron chi connectivity index (χ0n) is 15.4. The summed E-state index contributed by atoms with van der Waals surface area (Å²) in [6.07, 6.45) is 0.800. The van der Waals surface area contributed by atoms with Gasteiger partial charge in [-0.05, 0) is 25.8 Å². The first-order chi connectivity index (χ1) is 13.0.